The van der Waals surface area contributed by atoms with E-state index in [1.165, 1.54) is 19.3 Å². The molecule has 1 aromatic carbocycles. The number of carbonyl (C=O) groups is 1. The first-order chi connectivity index (χ1) is 10.2. The van der Waals surface area contributed by atoms with Crippen molar-refractivity contribution in [3.8, 4) is 0 Å². The number of alkyl halides is 1. The Morgan fingerprint density at radius 2 is 2.14 bits per heavy atom. The summed E-state index contributed by atoms with van der Waals surface area (Å²) in [4.78, 5) is 14.1. The number of rotatable bonds is 3. The van der Waals surface area contributed by atoms with Gasteiger partial charge in [0, 0.05) is 18.4 Å². The maximum absolute atomic E-state index is 12.2. The van der Waals surface area contributed by atoms with Crippen LogP contribution in [0.3, 0.4) is 0 Å². The summed E-state index contributed by atoms with van der Waals surface area (Å²) in [5.41, 5.74) is 1.41. The highest BCUT2D eigenvalue weighted by atomic mass is 79.9. The molecule has 21 heavy (non-hydrogen) atoms. The average molecular weight is 352 g/mol. The van der Waals surface area contributed by atoms with E-state index < -0.39 is 0 Å². The zero-order valence-electron chi connectivity index (χ0n) is 12.3. The topological polar surface area (TPSA) is 29.5 Å². The Hall–Kier alpha value is -1.03. The van der Waals surface area contributed by atoms with Crippen LogP contribution in [0.2, 0.25) is 0 Å². The van der Waals surface area contributed by atoms with E-state index in [9.17, 15) is 4.79 Å². The molecule has 1 aromatic rings. The summed E-state index contributed by atoms with van der Waals surface area (Å²) in [5.74, 6) is 0.783. The molecule has 1 amide bonds. The van der Waals surface area contributed by atoms with Gasteiger partial charge >= 0.3 is 6.09 Å². The smallest absolute Gasteiger partial charge is 0.410 e. The number of ether oxygens (including phenoxy) is 1. The Morgan fingerprint density at radius 3 is 2.86 bits per heavy atom. The fourth-order valence-corrected chi connectivity index (χ4v) is 4.28. The van der Waals surface area contributed by atoms with Crippen LogP contribution in [0.15, 0.2) is 30.3 Å². The van der Waals surface area contributed by atoms with Crippen molar-refractivity contribution in [3.05, 3.63) is 35.9 Å². The van der Waals surface area contributed by atoms with Gasteiger partial charge < -0.3 is 9.64 Å². The number of amides is 1. The van der Waals surface area contributed by atoms with Crippen LogP contribution in [0, 0.1) is 11.3 Å². The van der Waals surface area contributed by atoms with Gasteiger partial charge in [0.1, 0.15) is 6.61 Å². The van der Waals surface area contributed by atoms with Crippen LogP contribution >= 0.6 is 15.9 Å². The standard InChI is InChI=1S/C17H22BrNO2/c18-11-15-6-7-17(10-15)8-9-19(13-17)16(20)21-12-14-4-2-1-3-5-14/h1-5,15H,6-13H2. The molecule has 1 heterocycles. The molecule has 0 aromatic heterocycles. The maximum Gasteiger partial charge on any atom is 0.410 e. The quantitative estimate of drug-likeness (QED) is 0.763. The molecule has 4 heteroatoms. The summed E-state index contributed by atoms with van der Waals surface area (Å²) in [6.07, 6.45) is 4.78. The molecule has 0 radical (unpaired) electrons. The molecule has 1 aliphatic carbocycles. The van der Waals surface area contributed by atoms with Crippen LogP contribution in [-0.2, 0) is 11.3 Å². The SMILES string of the molecule is O=C(OCc1ccccc1)N1CCC2(CCC(CBr)C2)C1. The highest BCUT2D eigenvalue weighted by molar-refractivity contribution is 9.09. The zero-order valence-corrected chi connectivity index (χ0v) is 13.8. The van der Waals surface area contributed by atoms with E-state index in [-0.39, 0.29) is 6.09 Å². The Labute approximate surface area is 134 Å². The fraction of sp³-hybridized carbons (Fsp3) is 0.588. The molecule has 0 N–H and O–H groups in total. The summed E-state index contributed by atoms with van der Waals surface area (Å²) >= 11 is 3.60. The van der Waals surface area contributed by atoms with Crippen molar-refractivity contribution in [3.63, 3.8) is 0 Å². The Bertz CT molecular complexity index is 493. The second-order valence-corrected chi connectivity index (χ2v) is 7.12. The minimum atomic E-state index is -0.155. The minimum absolute atomic E-state index is 0.155. The summed E-state index contributed by atoms with van der Waals surface area (Å²) in [5, 5.41) is 1.09. The molecular weight excluding hydrogens is 330 g/mol. The average Bonchev–Trinajstić information content (AvgIpc) is 3.13. The van der Waals surface area contributed by atoms with E-state index in [2.05, 4.69) is 15.9 Å². The number of hydrogen-bond acceptors (Lipinski definition) is 2. The normalized spacial score (nSPS) is 28.2. The Morgan fingerprint density at radius 1 is 1.33 bits per heavy atom. The lowest BCUT2D eigenvalue weighted by Gasteiger charge is -2.23. The summed E-state index contributed by atoms with van der Waals surface area (Å²) < 4.78 is 5.45. The van der Waals surface area contributed by atoms with E-state index in [1.54, 1.807) is 0 Å². The van der Waals surface area contributed by atoms with Crippen LogP contribution in [0.25, 0.3) is 0 Å². The molecule has 2 aliphatic rings. The molecular formula is C17H22BrNO2. The molecule has 2 atom stereocenters. The number of hydrogen-bond donors (Lipinski definition) is 0. The second kappa shape index (κ2) is 6.39. The van der Waals surface area contributed by atoms with Gasteiger partial charge in [-0.05, 0) is 42.6 Å². The molecule has 1 saturated carbocycles. The highest BCUT2D eigenvalue weighted by Gasteiger charge is 2.45. The number of halogens is 1. The van der Waals surface area contributed by atoms with Gasteiger partial charge in [0.15, 0.2) is 0 Å². The van der Waals surface area contributed by atoms with E-state index in [4.69, 9.17) is 4.74 Å². The van der Waals surface area contributed by atoms with Crippen molar-refractivity contribution >= 4 is 22.0 Å². The molecule has 3 rings (SSSR count). The van der Waals surface area contributed by atoms with Gasteiger partial charge in [-0.1, -0.05) is 46.3 Å². The lowest BCUT2D eigenvalue weighted by atomic mass is 9.85. The largest absolute Gasteiger partial charge is 0.445 e. The van der Waals surface area contributed by atoms with Gasteiger partial charge in [0.2, 0.25) is 0 Å². The molecule has 2 fully saturated rings. The van der Waals surface area contributed by atoms with Crippen LogP contribution in [0.1, 0.15) is 31.2 Å². The van der Waals surface area contributed by atoms with Gasteiger partial charge in [-0.25, -0.2) is 4.79 Å². The summed E-state index contributed by atoms with van der Waals surface area (Å²) in [6.45, 7) is 2.10. The van der Waals surface area contributed by atoms with Gasteiger partial charge in [0.25, 0.3) is 0 Å². The van der Waals surface area contributed by atoms with Crippen molar-refractivity contribution < 1.29 is 9.53 Å². The fourth-order valence-electron chi connectivity index (χ4n) is 3.73. The first kappa shape index (κ1) is 14.9. The predicted molar refractivity (Wildman–Crippen MR) is 86.4 cm³/mol. The third kappa shape index (κ3) is 3.42. The minimum Gasteiger partial charge on any atom is -0.445 e. The van der Waals surface area contributed by atoms with Gasteiger partial charge in [-0.15, -0.1) is 0 Å². The van der Waals surface area contributed by atoms with Crippen molar-refractivity contribution in [2.45, 2.75) is 32.3 Å². The molecule has 114 valence electrons. The monoisotopic (exact) mass is 351 g/mol. The highest BCUT2D eigenvalue weighted by Crippen LogP contribution is 2.48. The van der Waals surface area contributed by atoms with Crippen molar-refractivity contribution in [2.75, 3.05) is 18.4 Å². The Balaban J connectivity index is 1.51. The van der Waals surface area contributed by atoms with E-state index >= 15 is 0 Å². The summed E-state index contributed by atoms with van der Waals surface area (Å²) in [7, 11) is 0. The van der Waals surface area contributed by atoms with Crippen molar-refractivity contribution in [1.29, 1.82) is 0 Å². The summed E-state index contributed by atoms with van der Waals surface area (Å²) in [6, 6.07) is 9.86. The molecule has 2 unspecified atom stereocenters. The van der Waals surface area contributed by atoms with Crippen LogP contribution in [0.5, 0.6) is 0 Å². The second-order valence-electron chi connectivity index (χ2n) is 6.47. The lowest BCUT2D eigenvalue weighted by Crippen LogP contribution is -2.31. The first-order valence-corrected chi connectivity index (χ1v) is 8.84. The third-order valence-corrected chi connectivity index (χ3v) is 5.84. The molecule has 1 saturated heterocycles. The van der Waals surface area contributed by atoms with Crippen LogP contribution in [0.4, 0.5) is 4.79 Å². The predicted octanol–water partition coefficient (Wildman–Crippen LogP) is 4.21. The van der Waals surface area contributed by atoms with Gasteiger partial charge in [-0.3, -0.25) is 0 Å². The third-order valence-electron chi connectivity index (χ3n) is 4.92. The van der Waals surface area contributed by atoms with E-state index in [0.29, 0.717) is 12.0 Å². The number of nitrogens with zero attached hydrogens (tertiary/aromatic N) is 1. The van der Waals surface area contributed by atoms with Gasteiger partial charge in [-0.2, -0.15) is 0 Å². The molecule has 0 bridgehead atoms. The molecule has 3 nitrogen and oxygen atoms in total. The van der Waals surface area contributed by atoms with Crippen LogP contribution < -0.4 is 0 Å². The number of carbonyl (C=O) groups excluding carboxylic acids is 1. The van der Waals surface area contributed by atoms with Crippen molar-refractivity contribution in [2.24, 2.45) is 11.3 Å². The number of benzene rings is 1. The van der Waals surface area contributed by atoms with E-state index in [1.807, 2.05) is 35.2 Å². The Kier molecular flexibility index (Phi) is 4.53. The molecule has 1 spiro atoms. The number of likely N-dealkylation sites (tertiary alicyclic amines) is 1. The zero-order chi connectivity index (χ0) is 14.7. The van der Waals surface area contributed by atoms with Crippen LogP contribution in [-0.4, -0.2) is 29.4 Å². The molecule has 1 aliphatic heterocycles. The first-order valence-electron chi connectivity index (χ1n) is 7.72. The maximum atomic E-state index is 12.2. The van der Waals surface area contributed by atoms with Crippen molar-refractivity contribution in [1.82, 2.24) is 4.90 Å². The lowest BCUT2D eigenvalue weighted by molar-refractivity contribution is 0.0995. The van der Waals surface area contributed by atoms with Gasteiger partial charge in [0.05, 0.1) is 0 Å². The van der Waals surface area contributed by atoms with E-state index in [0.717, 1.165) is 36.3 Å².